The van der Waals surface area contributed by atoms with E-state index in [1.807, 2.05) is 42.3 Å². The number of benzene rings is 1. The van der Waals surface area contributed by atoms with Gasteiger partial charge in [-0.3, -0.25) is 4.79 Å². The Morgan fingerprint density at radius 1 is 1.11 bits per heavy atom. The fourth-order valence-electron chi connectivity index (χ4n) is 5.55. The molecule has 0 aromatic heterocycles. The van der Waals surface area contributed by atoms with E-state index in [1.165, 1.54) is 12.8 Å². The molecule has 1 atom stereocenters. The third kappa shape index (κ3) is 5.07. The number of rotatable bonds is 6. The highest BCUT2D eigenvalue weighted by atomic mass is 19.1. The fraction of sp³-hybridized carbons (Fsp3) is 0.548. The monoisotopic (exact) mass is 489 g/mol. The first-order valence-corrected chi connectivity index (χ1v) is 13.9. The van der Waals surface area contributed by atoms with Crippen molar-refractivity contribution in [3.8, 4) is 0 Å². The number of likely N-dealkylation sites (tertiary alicyclic amines) is 1. The van der Waals surface area contributed by atoms with Crippen molar-refractivity contribution in [3.63, 3.8) is 0 Å². The fourth-order valence-corrected chi connectivity index (χ4v) is 5.55. The topological polar surface area (TPSA) is 35.9 Å². The first-order chi connectivity index (χ1) is 17.4. The van der Waals surface area contributed by atoms with Gasteiger partial charge in [0, 0.05) is 30.9 Å². The Morgan fingerprint density at radius 2 is 1.86 bits per heavy atom. The zero-order chi connectivity index (χ0) is 25.4. The SMILES string of the molecule is CC/C(C)=C(\C=C1\N=C(C(=O)N2CCCCCC2C)C=C(C2CC2)N1C)c1cccc(C2CC2)c1F. The van der Waals surface area contributed by atoms with Gasteiger partial charge in [-0.25, -0.2) is 9.38 Å². The highest BCUT2D eigenvalue weighted by molar-refractivity contribution is 6.43. The van der Waals surface area contributed by atoms with Crippen LogP contribution in [0, 0.1) is 11.7 Å². The van der Waals surface area contributed by atoms with E-state index in [0.717, 1.165) is 79.7 Å². The van der Waals surface area contributed by atoms with E-state index < -0.39 is 0 Å². The lowest BCUT2D eigenvalue weighted by Crippen LogP contribution is -2.43. The summed E-state index contributed by atoms with van der Waals surface area (Å²) in [6.45, 7) is 7.13. The maximum atomic E-state index is 15.7. The highest BCUT2D eigenvalue weighted by Gasteiger charge is 2.35. The average Bonchev–Trinajstić information content (AvgIpc) is 3.77. The van der Waals surface area contributed by atoms with Gasteiger partial charge in [-0.2, -0.15) is 0 Å². The summed E-state index contributed by atoms with van der Waals surface area (Å²) in [5.74, 6) is 1.47. The van der Waals surface area contributed by atoms with E-state index in [-0.39, 0.29) is 17.8 Å². The quantitative estimate of drug-likeness (QED) is 0.424. The summed E-state index contributed by atoms with van der Waals surface area (Å²) in [5.41, 5.74) is 5.16. The molecule has 0 radical (unpaired) electrons. The summed E-state index contributed by atoms with van der Waals surface area (Å²) in [6.07, 6.45) is 13.7. The predicted molar refractivity (Wildman–Crippen MR) is 145 cm³/mol. The Morgan fingerprint density at radius 3 is 2.56 bits per heavy atom. The van der Waals surface area contributed by atoms with Gasteiger partial charge in [0.15, 0.2) is 0 Å². The van der Waals surface area contributed by atoms with Gasteiger partial charge in [-0.05, 0) is 93.9 Å². The number of carbonyl (C=O) groups is 1. The number of aliphatic imine (C=N–C) groups is 1. The molecular weight excluding hydrogens is 449 g/mol. The van der Waals surface area contributed by atoms with Crippen molar-refractivity contribution in [1.82, 2.24) is 9.80 Å². The smallest absolute Gasteiger partial charge is 0.272 e. The number of carbonyl (C=O) groups excluding carboxylic acids is 1. The maximum Gasteiger partial charge on any atom is 0.272 e. The molecule has 5 rings (SSSR count). The standard InChI is InChI=1S/C31H40FN3O/c1-5-20(2)26(25-12-9-11-24(30(25)32)22-13-14-22)18-29-33-27(19-28(34(29)4)23-15-16-23)31(36)35-17-8-6-7-10-21(35)3/h9,11-12,18-19,21-23H,5-8,10,13-17H2,1-4H3/b26-20+,29-18-. The molecule has 2 heterocycles. The van der Waals surface area contributed by atoms with Crippen molar-refractivity contribution < 1.29 is 9.18 Å². The summed E-state index contributed by atoms with van der Waals surface area (Å²) in [6, 6.07) is 6.03. The predicted octanol–water partition coefficient (Wildman–Crippen LogP) is 7.20. The van der Waals surface area contributed by atoms with Crippen LogP contribution in [0.1, 0.15) is 95.6 Å². The highest BCUT2D eigenvalue weighted by Crippen LogP contribution is 2.44. The number of halogens is 1. The van der Waals surface area contributed by atoms with Crippen LogP contribution < -0.4 is 0 Å². The van der Waals surface area contributed by atoms with E-state index in [0.29, 0.717) is 23.1 Å². The van der Waals surface area contributed by atoms with Crippen LogP contribution in [0.4, 0.5) is 4.39 Å². The largest absolute Gasteiger partial charge is 0.335 e. The van der Waals surface area contributed by atoms with Crippen molar-refractivity contribution in [2.45, 2.75) is 90.5 Å². The minimum Gasteiger partial charge on any atom is -0.335 e. The van der Waals surface area contributed by atoms with Gasteiger partial charge < -0.3 is 9.80 Å². The van der Waals surface area contributed by atoms with Gasteiger partial charge in [0.25, 0.3) is 5.91 Å². The minimum atomic E-state index is -0.102. The van der Waals surface area contributed by atoms with Crippen LogP contribution in [0.5, 0.6) is 0 Å². The second-order valence-electron chi connectivity index (χ2n) is 11.1. The molecule has 4 nitrogen and oxygen atoms in total. The van der Waals surface area contributed by atoms with Crippen molar-refractivity contribution in [2.24, 2.45) is 10.9 Å². The van der Waals surface area contributed by atoms with Gasteiger partial charge >= 0.3 is 0 Å². The van der Waals surface area contributed by atoms with Gasteiger partial charge in [0.2, 0.25) is 0 Å². The molecular formula is C31H40FN3O. The van der Waals surface area contributed by atoms with E-state index in [4.69, 9.17) is 4.99 Å². The van der Waals surface area contributed by atoms with Crippen molar-refractivity contribution in [2.75, 3.05) is 13.6 Å². The van der Waals surface area contributed by atoms with Crippen LogP contribution in [0.15, 0.2) is 52.4 Å². The number of hydrogen-bond acceptors (Lipinski definition) is 3. The number of nitrogens with zero attached hydrogens (tertiary/aromatic N) is 3. The summed E-state index contributed by atoms with van der Waals surface area (Å²) in [4.78, 5) is 22.8. The zero-order valence-corrected chi connectivity index (χ0v) is 22.3. The minimum absolute atomic E-state index is 0.0289. The molecule has 192 valence electrons. The van der Waals surface area contributed by atoms with Gasteiger partial charge in [0.1, 0.15) is 17.3 Å². The normalized spacial score (nSPS) is 24.8. The Hall–Kier alpha value is -2.69. The molecule has 2 aliphatic heterocycles. The summed E-state index contributed by atoms with van der Waals surface area (Å²) < 4.78 is 15.7. The Labute approximate surface area is 215 Å². The third-order valence-corrected chi connectivity index (χ3v) is 8.38. The molecule has 3 fully saturated rings. The summed E-state index contributed by atoms with van der Waals surface area (Å²) in [7, 11) is 2.03. The number of amides is 1. The molecule has 5 heteroatoms. The van der Waals surface area contributed by atoms with E-state index in [9.17, 15) is 4.79 Å². The van der Waals surface area contributed by atoms with Crippen LogP contribution in [-0.4, -0.2) is 41.1 Å². The Balaban J connectivity index is 1.56. The second kappa shape index (κ2) is 10.4. The van der Waals surface area contributed by atoms with Gasteiger partial charge in [-0.15, -0.1) is 0 Å². The van der Waals surface area contributed by atoms with Crippen molar-refractivity contribution >= 4 is 17.2 Å². The molecule has 0 N–H and O–H groups in total. The Bertz CT molecular complexity index is 1150. The van der Waals surface area contributed by atoms with Gasteiger partial charge in [0.05, 0.1) is 0 Å². The first kappa shape index (κ1) is 25.0. The van der Waals surface area contributed by atoms with Crippen LogP contribution in [-0.2, 0) is 4.79 Å². The molecule has 36 heavy (non-hydrogen) atoms. The van der Waals surface area contributed by atoms with Crippen LogP contribution >= 0.6 is 0 Å². The molecule has 2 aliphatic carbocycles. The lowest BCUT2D eigenvalue weighted by molar-refractivity contribution is -0.125. The molecule has 0 bridgehead atoms. The van der Waals surface area contributed by atoms with E-state index >= 15 is 4.39 Å². The van der Waals surface area contributed by atoms with Crippen molar-refractivity contribution in [1.29, 1.82) is 0 Å². The molecule has 1 amide bonds. The lowest BCUT2D eigenvalue weighted by atomic mass is 9.95. The molecule has 1 aromatic carbocycles. The lowest BCUT2D eigenvalue weighted by Gasteiger charge is -2.31. The molecule has 1 unspecified atom stereocenters. The van der Waals surface area contributed by atoms with Crippen LogP contribution in [0.3, 0.4) is 0 Å². The molecule has 4 aliphatic rings. The zero-order valence-electron chi connectivity index (χ0n) is 22.3. The van der Waals surface area contributed by atoms with Crippen LogP contribution in [0.25, 0.3) is 5.57 Å². The number of allylic oxidation sites excluding steroid dienone is 4. The maximum absolute atomic E-state index is 15.7. The molecule has 1 aromatic rings. The number of hydrogen-bond donors (Lipinski definition) is 0. The molecule has 0 spiro atoms. The first-order valence-electron chi connectivity index (χ1n) is 13.9. The van der Waals surface area contributed by atoms with Gasteiger partial charge in [-0.1, -0.05) is 43.5 Å². The molecule has 2 saturated carbocycles. The van der Waals surface area contributed by atoms with Crippen molar-refractivity contribution in [3.05, 3.63) is 64.4 Å². The summed E-state index contributed by atoms with van der Waals surface area (Å²) in [5, 5.41) is 0. The second-order valence-corrected chi connectivity index (χ2v) is 11.1. The Kier molecular flexibility index (Phi) is 7.18. The van der Waals surface area contributed by atoms with E-state index in [2.05, 4.69) is 25.7 Å². The van der Waals surface area contributed by atoms with E-state index in [1.54, 1.807) is 0 Å². The average molecular weight is 490 g/mol. The summed E-state index contributed by atoms with van der Waals surface area (Å²) >= 11 is 0. The third-order valence-electron chi connectivity index (χ3n) is 8.38. The van der Waals surface area contributed by atoms with Crippen LogP contribution in [0.2, 0.25) is 0 Å². The molecule has 1 saturated heterocycles.